The molecule has 0 radical (unpaired) electrons. The van der Waals surface area contributed by atoms with Gasteiger partial charge in [0.2, 0.25) is 0 Å². The first-order valence-corrected chi connectivity index (χ1v) is 6.71. The van der Waals surface area contributed by atoms with Gasteiger partial charge in [-0.15, -0.1) is 5.10 Å². The van der Waals surface area contributed by atoms with E-state index in [9.17, 15) is 4.79 Å². The Morgan fingerprint density at radius 1 is 1.45 bits per heavy atom. The molecule has 0 bridgehead atoms. The van der Waals surface area contributed by atoms with Gasteiger partial charge < -0.3 is 5.32 Å². The second kappa shape index (κ2) is 6.08. The van der Waals surface area contributed by atoms with Crippen LogP contribution in [0.4, 0.5) is 5.69 Å². The third-order valence-corrected chi connectivity index (χ3v) is 3.19. The highest BCUT2D eigenvalue weighted by atomic mass is 32.1. The molecule has 100 valence electrons. The molecule has 2 aromatic rings. The zero-order valence-corrected chi connectivity index (χ0v) is 11.9. The molecule has 0 atom stereocenters. The first-order valence-electron chi connectivity index (χ1n) is 5.87. The maximum Gasteiger partial charge on any atom is 0.266 e. The van der Waals surface area contributed by atoms with Crippen molar-refractivity contribution in [2.45, 2.75) is 13.8 Å². The fourth-order valence-electron chi connectivity index (χ4n) is 1.67. The van der Waals surface area contributed by atoms with Gasteiger partial charge in [0.25, 0.3) is 5.91 Å². The molecular weight excluding hydrogens is 272 g/mol. The minimum Gasteiger partial charge on any atom is -0.321 e. The number of nitriles is 1. The molecule has 5 nitrogen and oxygen atoms in total. The van der Waals surface area contributed by atoms with Crippen molar-refractivity contribution in [2.75, 3.05) is 5.32 Å². The van der Waals surface area contributed by atoms with Crippen molar-refractivity contribution < 1.29 is 4.79 Å². The Bertz CT molecular complexity index is 698. The number of nitrogens with zero attached hydrogens (tertiary/aromatic N) is 3. The van der Waals surface area contributed by atoms with E-state index in [4.69, 9.17) is 5.26 Å². The van der Waals surface area contributed by atoms with Crippen LogP contribution >= 0.6 is 11.5 Å². The number of rotatable bonds is 3. The van der Waals surface area contributed by atoms with Gasteiger partial charge in [0.1, 0.15) is 11.6 Å². The predicted molar refractivity (Wildman–Crippen MR) is 78.0 cm³/mol. The molecule has 0 saturated carbocycles. The topological polar surface area (TPSA) is 78.7 Å². The maximum atomic E-state index is 12.1. The van der Waals surface area contributed by atoms with Crippen molar-refractivity contribution in [1.82, 2.24) is 9.59 Å². The van der Waals surface area contributed by atoms with E-state index in [2.05, 4.69) is 14.9 Å². The summed E-state index contributed by atoms with van der Waals surface area (Å²) >= 11 is 1.16. The number of aromatic nitrogens is 2. The maximum absolute atomic E-state index is 12.1. The van der Waals surface area contributed by atoms with E-state index < -0.39 is 5.91 Å². The Morgan fingerprint density at radius 3 is 2.85 bits per heavy atom. The van der Waals surface area contributed by atoms with Gasteiger partial charge in [-0.2, -0.15) is 5.26 Å². The molecule has 1 amide bonds. The van der Waals surface area contributed by atoms with Crippen LogP contribution in [-0.2, 0) is 4.79 Å². The molecule has 1 aromatic heterocycles. The monoisotopic (exact) mass is 284 g/mol. The molecule has 0 aliphatic heterocycles. The van der Waals surface area contributed by atoms with Crippen LogP contribution in [0.2, 0.25) is 0 Å². The van der Waals surface area contributed by atoms with Crippen LogP contribution in [0.25, 0.3) is 6.08 Å². The number of aryl methyl sites for hydroxylation is 2. The van der Waals surface area contributed by atoms with Gasteiger partial charge in [-0.05, 0) is 43.1 Å². The van der Waals surface area contributed by atoms with Crippen LogP contribution in [0.1, 0.15) is 16.8 Å². The van der Waals surface area contributed by atoms with E-state index in [1.807, 2.05) is 38.1 Å². The number of carbonyl (C=O) groups excluding carboxylic acids is 1. The second-order valence-corrected chi connectivity index (χ2v) is 4.88. The van der Waals surface area contributed by atoms with E-state index in [1.165, 1.54) is 6.08 Å². The van der Waals surface area contributed by atoms with Crippen molar-refractivity contribution in [3.63, 3.8) is 0 Å². The molecule has 1 N–H and O–H groups in total. The van der Waals surface area contributed by atoms with Crippen molar-refractivity contribution >= 4 is 29.2 Å². The number of benzene rings is 1. The third kappa shape index (κ3) is 3.28. The zero-order chi connectivity index (χ0) is 14.5. The van der Waals surface area contributed by atoms with E-state index in [0.717, 1.165) is 22.7 Å². The molecule has 1 aromatic carbocycles. The molecule has 2 rings (SSSR count). The molecule has 0 spiro atoms. The van der Waals surface area contributed by atoms with Gasteiger partial charge in [0, 0.05) is 11.1 Å². The molecule has 0 saturated heterocycles. The summed E-state index contributed by atoms with van der Waals surface area (Å²) in [5.74, 6) is -0.451. The third-order valence-electron chi connectivity index (χ3n) is 2.66. The number of hydrogen-bond acceptors (Lipinski definition) is 5. The minimum atomic E-state index is -0.451. The number of nitrogens with one attached hydrogen (secondary N) is 1. The Hall–Kier alpha value is -2.52. The van der Waals surface area contributed by atoms with Crippen molar-refractivity contribution in [3.05, 3.63) is 46.0 Å². The summed E-state index contributed by atoms with van der Waals surface area (Å²) in [6.45, 7) is 3.89. The van der Waals surface area contributed by atoms with Crippen molar-refractivity contribution in [3.8, 4) is 6.07 Å². The second-order valence-electron chi connectivity index (χ2n) is 4.27. The SMILES string of the molecule is Cc1ccc(NC(=O)/C(C#N)=C/c2csnn2)c(C)c1. The largest absolute Gasteiger partial charge is 0.321 e. The Kier molecular flexibility index (Phi) is 4.23. The first kappa shape index (κ1) is 13.9. The van der Waals surface area contributed by atoms with Gasteiger partial charge in [-0.1, -0.05) is 22.2 Å². The highest BCUT2D eigenvalue weighted by molar-refractivity contribution is 7.03. The lowest BCUT2D eigenvalue weighted by atomic mass is 10.1. The lowest BCUT2D eigenvalue weighted by molar-refractivity contribution is -0.112. The lowest BCUT2D eigenvalue weighted by Crippen LogP contribution is -2.14. The fourth-order valence-corrected chi connectivity index (χ4v) is 2.09. The lowest BCUT2D eigenvalue weighted by Gasteiger charge is -2.08. The van der Waals surface area contributed by atoms with Gasteiger partial charge in [0.05, 0.1) is 5.69 Å². The molecule has 1 heterocycles. The standard InChI is InChI=1S/C14H12N4OS/c1-9-3-4-13(10(2)5-9)16-14(19)11(7-15)6-12-8-20-18-17-12/h3-6,8H,1-2H3,(H,16,19)/b11-6+. The highest BCUT2D eigenvalue weighted by Gasteiger charge is 2.11. The van der Waals surface area contributed by atoms with Crippen LogP contribution < -0.4 is 5.32 Å². The van der Waals surface area contributed by atoms with Gasteiger partial charge in [0.15, 0.2) is 0 Å². The van der Waals surface area contributed by atoms with Gasteiger partial charge in [-0.3, -0.25) is 4.79 Å². The molecule has 20 heavy (non-hydrogen) atoms. The van der Waals surface area contributed by atoms with E-state index in [-0.39, 0.29) is 5.57 Å². The number of hydrogen-bond donors (Lipinski definition) is 1. The minimum absolute atomic E-state index is 0.00215. The predicted octanol–water partition coefficient (Wildman–Crippen LogP) is 2.70. The summed E-state index contributed by atoms with van der Waals surface area (Å²) in [5.41, 5.74) is 3.26. The summed E-state index contributed by atoms with van der Waals surface area (Å²) < 4.78 is 3.68. The summed E-state index contributed by atoms with van der Waals surface area (Å²) in [4.78, 5) is 12.1. The Morgan fingerprint density at radius 2 is 2.25 bits per heavy atom. The first-order chi connectivity index (χ1) is 9.60. The Labute approximate surface area is 120 Å². The summed E-state index contributed by atoms with van der Waals surface area (Å²) in [6, 6.07) is 7.57. The molecule has 0 aliphatic carbocycles. The normalized spacial score (nSPS) is 10.9. The van der Waals surface area contributed by atoms with E-state index in [1.54, 1.807) is 5.38 Å². The highest BCUT2D eigenvalue weighted by Crippen LogP contribution is 2.17. The van der Waals surface area contributed by atoms with Crippen LogP contribution in [0, 0.1) is 25.2 Å². The Balaban J connectivity index is 2.20. The van der Waals surface area contributed by atoms with Gasteiger partial charge >= 0.3 is 0 Å². The van der Waals surface area contributed by atoms with Crippen LogP contribution in [0.3, 0.4) is 0 Å². The molecule has 0 aliphatic rings. The van der Waals surface area contributed by atoms with E-state index >= 15 is 0 Å². The van der Waals surface area contributed by atoms with Gasteiger partial charge in [-0.25, -0.2) is 0 Å². The zero-order valence-electron chi connectivity index (χ0n) is 11.0. The smallest absolute Gasteiger partial charge is 0.266 e. The van der Waals surface area contributed by atoms with Crippen molar-refractivity contribution in [2.24, 2.45) is 0 Å². The average Bonchev–Trinajstić information content (AvgIpc) is 2.92. The van der Waals surface area contributed by atoms with E-state index in [0.29, 0.717) is 11.4 Å². The quantitative estimate of drug-likeness (QED) is 0.694. The van der Waals surface area contributed by atoms with Crippen LogP contribution in [0.5, 0.6) is 0 Å². The molecule has 0 unspecified atom stereocenters. The van der Waals surface area contributed by atoms with Crippen LogP contribution in [0.15, 0.2) is 29.2 Å². The summed E-state index contributed by atoms with van der Waals surface area (Å²) in [5, 5.41) is 17.2. The number of carbonyl (C=O) groups is 1. The summed E-state index contributed by atoms with van der Waals surface area (Å²) in [7, 11) is 0. The van der Waals surface area contributed by atoms with Crippen molar-refractivity contribution in [1.29, 1.82) is 5.26 Å². The van der Waals surface area contributed by atoms with Crippen LogP contribution in [-0.4, -0.2) is 15.5 Å². The molecular formula is C14H12N4OS. The summed E-state index contributed by atoms with van der Waals surface area (Å²) in [6.07, 6.45) is 1.42. The molecule has 0 fully saturated rings. The fraction of sp³-hybridized carbons (Fsp3) is 0.143. The average molecular weight is 284 g/mol. The number of amides is 1. The number of anilines is 1. The molecule has 6 heteroatoms.